The van der Waals surface area contributed by atoms with Gasteiger partial charge < -0.3 is 4.74 Å². The first-order valence-corrected chi connectivity index (χ1v) is 3.88. The number of rotatable bonds is 5. The maximum Gasteiger partial charge on any atom is 0.0645 e. The van der Waals surface area contributed by atoms with Gasteiger partial charge in [-0.3, -0.25) is 0 Å². The van der Waals surface area contributed by atoms with E-state index in [1.54, 1.807) is 0 Å². The van der Waals surface area contributed by atoms with Gasteiger partial charge in [-0.1, -0.05) is 12.8 Å². The SMILES string of the molecule is N#CCCOCCC1CC1. The highest BCUT2D eigenvalue weighted by atomic mass is 16.5. The zero-order valence-electron chi connectivity index (χ0n) is 6.18. The number of nitriles is 1. The lowest BCUT2D eigenvalue weighted by Gasteiger charge is -1.98. The number of hydrogen-bond acceptors (Lipinski definition) is 2. The molecule has 0 unspecified atom stereocenters. The van der Waals surface area contributed by atoms with Gasteiger partial charge in [-0.25, -0.2) is 0 Å². The van der Waals surface area contributed by atoms with Gasteiger partial charge in [-0.2, -0.15) is 5.26 Å². The first-order valence-electron chi connectivity index (χ1n) is 3.88. The van der Waals surface area contributed by atoms with E-state index in [0.29, 0.717) is 13.0 Å². The van der Waals surface area contributed by atoms with Crippen LogP contribution in [-0.4, -0.2) is 13.2 Å². The van der Waals surface area contributed by atoms with Crippen LogP contribution >= 0.6 is 0 Å². The van der Waals surface area contributed by atoms with Crippen molar-refractivity contribution in [2.75, 3.05) is 13.2 Å². The average molecular weight is 139 g/mol. The van der Waals surface area contributed by atoms with E-state index in [1.807, 2.05) is 6.07 Å². The molecule has 2 nitrogen and oxygen atoms in total. The van der Waals surface area contributed by atoms with Crippen molar-refractivity contribution in [2.45, 2.75) is 25.7 Å². The van der Waals surface area contributed by atoms with Gasteiger partial charge >= 0.3 is 0 Å². The van der Waals surface area contributed by atoms with Crippen LogP contribution in [0, 0.1) is 17.2 Å². The summed E-state index contributed by atoms with van der Waals surface area (Å²) in [6, 6.07) is 2.05. The normalized spacial score (nSPS) is 16.7. The van der Waals surface area contributed by atoms with Gasteiger partial charge in [0, 0.05) is 6.61 Å². The van der Waals surface area contributed by atoms with Crippen LogP contribution in [0.5, 0.6) is 0 Å². The van der Waals surface area contributed by atoms with Gasteiger partial charge in [0.15, 0.2) is 0 Å². The number of hydrogen-bond donors (Lipinski definition) is 0. The third kappa shape index (κ3) is 3.47. The van der Waals surface area contributed by atoms with Crippen molar-refractivity contribution in [3.05, 3.63) is 0 Å². The Balaban J connectivity index is 1.73. The topological polar surface area (TPSA) is 33.0 Å². The molecule has 0 aliphatic heterocycles. The molecule has 1 fully saturated rings. The fourth-order valence-electron chi connectivity index (χ4n) is 0.876. The minimum absolute atomic E-state index is 0.532. The summed E-state index contributed by atoms with van der Waals surface area (Å²) in [7, 11) is 0. The Morgan fingerprint density at radius 1 is 1.40 bits per heavy atom. The Labute approximate surface area is 61.8 Å². The van der Waals surface area contributed by atoms with Crippen molar-refractivity contribution in [3.63, 3.8) is 0 Å². The first-order chi connectivity index (χ1) is 4.93. The molecular formula is C8H13NO. The molecule has 0 atom stereocenters. The van der Waals surface area contributed by atoms with Crippen molar-refractivity contribution >= 4 is 0 Å². The van der Waals surface area contributed by atoms with Gasteiger partial charge in [0.25, 0.3) is 0 Å². The van der Waals surface area contributed by atoms with Gasteiger partial charge in [0.2, 0.25) is 0 Å². The molecule has 1 rings (SSSR count). The van der Waals surface area contributed by atoms with Gasteiger partial charge in [0.1, 0.15) is 0 Å². The van der Waals surface area contributed by atoms with Crippen LogP contribution in [0.15, 0.2) is 0 Å². The Morgan fingerprint density at radius 3 is 2.80 bits per heavy atom. The molecule has 0 saturated heterocycles. The van der Waals surface area contributed by atoms with Crippen molar-refractivity contribution in [2.24, 2.45) is 5.92 Å². The lowest BCUT2D eigenvalue weighted by molar-refractivity contribution is 0.133. The van der Waals surface area contributed by atoms with E-state index < -0.39 is 0 Å². The maximum atomic E-state index is 8.16. The lowest BCUT2D eigenvalue weighted by Crippen LogP contribution is -1.96. The highest BCUT2D eigenvalue weighted by molar-refractivity contribution is 4.72. The summed E-state index contributed by atoms with van der Waals surface area (Å²) in [5, 5.41) is 8.16. The fourth-order valence-corrected chi connectivity index (χ4v) is 0.876. The molecule has 0 radical (unpaired) electrons. The third-order valence-electron chi connectivity index (χ3n) is 1.73. The van der Waals surface area contributed by atoms with E-state index in [4.69, 9.17) is 10.00 Å². The quantitative estimate of drug-likeness (QED) is 0.543. The van der Waals surface area contributed by atoms with Crippen LogP contribution in [0.25, 0.3) is 0 Å². The smallest absolute Gasteiger partial charge is 0.0645 e. The van der Waals surface area contributed by atoms with E-state index in [9.17, 15) is 0 Å². The summed E-state index contributed by atoms with van der Waals surface area (Å²) in [4.78, 5) is 0. The van der Waals surface area contributed by atoms with E-state index >= 15 is 0 Å². The van der Waals surface area contributed by atoms with Crippen LogP contribution in [0.3, 0.4) is 0 Å². The van der Waals surface area contributed by atoms with Crippen molar-refractivity contribution in [1.82, 2.24) is 0 Å². The van der Waals surface area contributed by atoms with Gasteiger partial charge in [-0.05, 0) is 12.3 Å². The molecule has 0 heterocycles. The second-order valence-electron chi connectivity index (χ2n) is 2.75. The van der Waals surface area contributed by atoms with Gasteiger partial charge in [-0.15, -0.1) is 0 Å². The van der Waals surface area contributed by atoms with E-state index in [-0.39, 0.29) is 0 Å². The maximum absolute atomic E-state index is 8.16. The Hall–Kier alpha value is -0.550. The number of ether oxygens (including phenoxy) is 1. The molecule has 0 aromatic carbocycles. The minimum atomic E-state index is 0.532. The first kappa shape index (κ1) is 7.56. The zero-order chi connectivity index (χ0) is 7.23. The molecule has 0 spiro atoms. The molecule has 0 N–H and O–H groups in total. The van der Waals surface area contributed by atoms with Crippen molar-refractivity contribution in [3.8, 4) is 6.07 Å². The van der Waals surface area contributed by atoms with Crippen LogP contribution in [0.4, 0.5) is 0 Å². The van der Waals surface area contributed by atoms with Crippen LogP contribution < -0.4 is 0 Å². The highest BCUT2D eigenvalue weighted by Crippen LogP contribution is 2.31. The highest BCUT2D eigenvalue weighted by Gasteiger charge is 2.20. The van der Waals surface area contributed by atoms with Crippen molar-refractivity contribution in [1.29, 1.82) is 5.26 Å². The predicted octanol–water partition coefficient (Wildman–Crippen LogP) is 1.72. The molecule has 0 aromatic rings. The second kappa shape index (κ2) is 4.29. The van der Waals surface area contributed by atoms with Gasteiger partial charge in [0.05, 0.1) is 19.1 Å². The van der Waals surface area contributed by atoms with E-state index in [0.717, 1.165) is 12.5 Å². The molecule has 56 valence electrons. The summed E-state index contributed by atoms with van der Waals surface area (Å²) < 4.78 is 5.20. The summed E-state index contributed by atoms with van der Waals surface area (Å²) in [6.45, 7) is 1.47. The Morgan fingerprint density at radius 2 is 2.20 bits per heavy atom. The van der Waals surface area contributed by atoms with Crippen molar-refractivity contribution < 1.29 is 4.74 Å². The summed E-state index contributed by atoms with van der Waals surface area (Å²) >= 11 is 0. The van der Waals surface area contributed by atoms with Crippen LogP contribution in [0.1, 0.15) is 25.7 Å². The second-order valence-corrected chi connectivity index (χ2v) is 2.75. The van der Waals surface area contributed by atoms with Crippen LogP contribution in [0.2, 0.25) is 0 Å². The average Bonchev–Trinajstić information content (AvgIpc) is 2.71. The molecule has 0 bridgehead atoms. The molecule has 1 aliphatic rings. The summed E-state index contributed by atoms with van der Waals surface area (Å²) in [6.07, 6.45) is 4.51. The molecule has 1 aliphatic carbocycles. The Bertz CT molecular complexity index is 124. The molecule has 0 aromatic heterocycles. The number of nitrogens with zero attached hydrogens (tertiary/aromatic N) is 1. The van der Waals surface area contributed by atoms with E-state index in [1.165, 1.54) is 19.3 Å². The van der Waals surface area contributed by atoms with E-state index in [2.05, 4.69) is 0 Å². The van der Waals surface area contributed by atoms with Crippen LogP contribution in [-0.2, 0) is 4.74 Å². The minimum Gasteiger partial charge on any atom is -0.380 e. The third-order valence-corrected chi connectivity index (χ3v) is 1.73. The summed E-state index contributed by atoms with van der Waals surface area (Å²) in [5.74, 6) is 0.946. The molecular weight excluding hydrogens is 126 g/mol. The molecule has 10 heavy (non-hydrogen) atoms. The fraction of sp³-hybridized carbons (Fsp3) is 0.875. The Kier molecular flexibility index (Phi) is 3.25. The lowest BCUT2D eigenvalue weighted by atomic mass is 10.3. The largest absolute Gasteiger partial charge is 0.380 e. The molecule has 2 heteroatoms. The monoisotopic (exact) mass is 139 g/mol. The molecule has 0 amide bonds. The zero-order valence-corrected chi connectivity index (χ0v) is 6.18. The predicted molar refractivity (Wildman–Crippen MR) is 38.4 cm³/mol. The standard InChI is InChI=1S/C8H13NO/c9-5-1-6-10-7-4-8-2-3-8/h8H,1-4,6-7H2. The molecule has 1 saturated carbocycles. The summed E-state index contributed by atoms with van der Waals surface area (Å²) in [5.41, 5.74) is 0.